The number of hydrogen-bond donors (Lipinski definition) is 3. The molecule has 1 aromatic carbocycles. The zero-order valence-electron chi connectivity index (χ0n) is 26.5. The third kappa shape index (κ3) is 9.17. The van der Waals surface area contributed by atoms with Crippen molar-refractivity contribution in [2.75, 3.05) is 27.4 Å². The van der Waals surface area contributed by atoms with E-state index < -0.39 is 34.5 Å². The quantitative estimate of drug-likeness (QED) is 0.146. The molecule has 0 aliphatic carbocycles. The molecular formula is C31H36N6O10S. The van der Waals surface area contributed by atoms with Crippen molar-refractivity contribution < 1.29 is 37.4 Å². The zero-order valence-corrected chi connectivity index (χ0v) is 27.3. The molecule has 0 bridgehead atoms. The van der Waals surface area contributed by atoms with E-state index in [4.69, 9.17) is 18.8 Å². The maximum absolute atomic E-state index is 12.2. The number of ether oxygens (including phenoxy) is 2. The highest BCUT2D eigenvalue weighted by Gasteiger charge is 2.18. The first-order chi connectivity index (χ1) is 22.9. The van der Waals surface area contributed by atoms with Crippen LogP contribution in [0.5, 0.6) is 11.8 Å². The predicted octanol–water partition coefficient (Wildman–Crippen LogP) is 0.808. The molecule has 4 heterocycles. The summed E-state index contributed by atoms with van der Waals surface area (Å²) >= 11 is 0. The minimum atomic E-state index is -3.97. The molecule has 3 N–H and O–H groups in total. The molecule has 0 radical (unpaired) electrons. The number of aliphatic hydroxyl groups excluding tert-OH is 3. The number of aromatic nitrogens is 6. The summed E-state index contributed by atoms with van der Waals surface area (Å²) < 4.78 is 42.2. The van der Waals surface area contributed by atoms with Crippen LogP contribution in [0.4, 0.5) is 0 Å². The first-order valence-electron chi connectivity index (χ1n) is 14.7. The molecule has 5 rings (SSSR count). The number of methoxy groups -OCH3 is 2. The standard InChI is InChI=1S/C19H21N3O6S.C12H15N3O4/c1-13-3-5-15(6-4-13)29(25,26)28-12-14(23)9-10-22-18(24)11-20-16-7-8-17(27-2)21-19(16)22;1-19-10-3-2-9-12(14-10)15(11(18)6-13-9)5-4-8(17)7-16/h3-8,11,14,23H,9-10,12H2,1-2H3;2-3,6,8,16-17H,4-5,7H2,1H3/t14-;8-/m11/s1. The lowest BCUT2D eigenvalue weighted by Gasteiger charge is -2.14. The van der Waals surface area contributed by atoms with E-state index in [1.807, 2.05) is 6.92 Å². The van der Waals surface area contributed by atoms with E-state index in [0.29, 0.717) is 34.1 Å². The smallest absolute Gasteiger partial charge is 0.297 e. The Morgan fingerprint density at radius 1 is 0.750 bits per heavy atom. The second kappa shape index (κ2) is 16.3. The lowest BCUT2D eigenvalue weighted by Crippen LogP contribution is -2.26. The van der Waals surface area contributed by atoms with Gasteiger partial charge in [-0.25, -0.2) is 9.97 Å². The topological polar surface area (TPSA) is 218 Å². The van der Waals surface area contributed by atoms with E-state index in [2.05, 4.69) is 19.9 Å². The molecule has 48 heavy (non-hydrogen) atoms. The van der Waals surface area contributed by atoms with Crippen LogP contribution in [0.25, 0.3) is 22.3 Å². The molecule has 0 fully saturated rings. The van der Waals surface area contributed by atoms with Gasteiger partial charge in [0.1, 0.15) is 11.0 Å². The second-order valence-corrected chi connectivity index (χ2v) is 12.1. The van der Waals surface area contributed by atoms with Gasteiger partial charge in [-0.15, -0.1) is 0 Å². The monoisotopic (exact) mass is 684 g/mol. The Hall–Kier alpha value is -4.81. The van der Waals surface area contributed by atoms with E-state index in [-0.39, 0.29) is 43.0 Å². The molecule has 2 atom stereocenters. The number of benzene rings is 1. The maximum Gasteiger partial charge on any atom is 0.297 e. The summed E-state index contributed by atoms with van der Waals surface area (Å²) in [7, 11) is -1.02. The molecule has 17 heteroatoms. The normalized spacial score (nSPS) is 12.7. The minimum absolute atomic E-state index is 0.0166. The van der Waals surface area contributed by atoms with Crippen LogP contribution in [-0.4, -0.2) is 92.4 Å². The van der Waals surface area contributed by atoms with Crippen LogP contribution in [-0.2, 0) is 27.4 Å². The molecule has 16 nitrogen and oxygen atoms in total. The van der Waals surface area contributed by atoms with Crippen LogP contribution in [0.3, 0.4) is 0 Å². The number of pyridine rings is 2. The molecule has 0 unspecified atom stereocenters. The van der Waals surface area contributed by atoms with Gasteiger partial charge in [-0.2, -0.15) is 18.4 Å². The van der Waals surface area contributed by atoms with E-state index in [1.54, 1.807) is 36.4 Å². The molecule has 256 valence electrons. The highest BCUT2D eigenvalue weighted by Crippen LogP contribution is 2.16. The van der Waals surface area contributed by atoms with Crippen molar-refractivity contribution in [2.24, 2.45) is 0 Å². The molecule has 0 amide bonds. The molecule has 0 aliphatic rings. The minimum Gasteiger partial charge on any atom is -0.481 e. The fourth-order valence-electron chi connectivity index (χ4n) is 4.38. The molecule has 0 aliphatic heterocycles. The van der Waals surface area contributed by atoms with Crippen molar-refractivity contribution in [3.8, 4) is 11.8 Å². The van der Waals surface area contributed by atoms with Crippen molar-refractivity contribution in [1.82, 2.24) is 29.1 Å². The number of aryl methyl sites for hydroxylation is 3. The number of nitrogens with zero attached hydrogens (tertiary/aromatic N) is 6. The van der Waals surface area contributed by atoms with Gasteiger partial charge in [0.15, 0.2) is 11.3 Å². The summed E-state index contributed by atoms with van der Waals surface area (Å²) in [5.74, 6) is 0.711. The second-order valence-electron chi connectivity index (χ2n) is 10.5. The van der Waals surface area contributed by atoms with Gasteiger partial charge in [-0.05, 0) is 44.0 Å². The van der Waals surface area contributed by atoms with Crippen LogP contribution in [0.2, 0.25) is 0 Å². The number of hydrogen-bond acceptors (Lipinski definition) is 14. The van der Waals surface area contributed by atoms with Gasteiger partial charge in [0, 0.05) is 25.2 Å². The molecule has 0 spiro atoms. The predicted molar refractivity (Wildman–Crippen MR) is 173 cm³/mol. The third-order valence-electron chi connectivity index (χ3n) is 7.06. The Bertz CT molecular complexity index is 2070. The SMILES string of the molecule is COc1ccc2ncc(=O)n(CC[C@@H](O)CO)c2n1.COc1ccc2ncc(=O)n(CC[C@@H](O)COS(=O)(=O)c3ccc(C)cc3)c2n1. The highest BCUT2D eigenvalue weighted by atomic mass is 32.2. The fourth-order valence-corrected chi connectivity index (χ4v) is 5.32. The van der Waals surface area contributed by atoms with E-state index >= 15 is 0 Å². The summed E-state index contributed by atoms with van der Waals surface area (Å²) in [5.41, 5.74) is 2.01. The largest absolute Gasteiger partial charge is 0.481 e. The first kappa shape index (κ1) is 36.0. The number of aliphatic hydroxyl groups is 3. The van der Waals surface area contributed by atoms with Crippen LogP contribution in [0, 0.1) is 6.92 Å². The van der Waals surface area contributed by atoms with Crippen molar-refractivity contribution >= 4 is 32.4 Å². The lowest BCUT2D eigenvalue weighted by molar-refractivity contribution is 0.0846. The average Bonchev–Trinajstić information content (AvgIpc) is 3.09. The lowest BCUT2D eigenvalue weighted by atomic mass is 10.2. The Balaban J connectivity index is 0.000000237. The van der Waals surface area contributed by atoms with E-state index in [0.717, 1.165) is 5.56 Å². The Kier molecular flexibility index (Phi) is 12.3. The molecule has 0 saturated heterocycles. The van der Waals surface area contributed by atoms with Crippen molar-refractivity contribution in [3.63, 3.8) is 0 Å². The van der Waals surface area contributed by atoms with E-state index in [9.17, 15) is 28.2 Å². The Labute approximate surface area is 275 Å². The van der Waals surface area contributed by atoms with Gasteiger partial charge in [0.25, 0.3) is 21.2 Å². The van der Waals surface area contributed by atoms with Crippen molar-refractivity contribution in [2.45, 2.75) is 50.0 Å². The zero-order chi connectivity index (χ0) is 34.8. The van der Waals surface area contributed by atoms with Gasteiger partial charge >= 0.3 is 0 Å². The third-order valence-corrected chi connectivity index (χ3v) is 8.35. The maximum atomic E-state index is 12.2. The molecule has 0 saturated carbocycles. The van der Waals surface area contributed by atoms with Crippen LogP contribution in [0.1, 0.15) is 18.4 Å². The Morgan fingerprint density at radius 3 is 1.69 bits per heavy atom. The summed E-state index contributed by atoms with van der Waals surface area (Å²) in [6.45, 7) is 1.43. The summed E-state index contributed by atoms with van der Waals surface area (Å²) in [5, 5.41) is 28.3. The Morgan fingerprint density at radius 2 is 1.23 bits per heavy atom. The van der Waals surface area contributed by atoms with Gasteiger partial charge in [0.05, 0.1) is 56.9 Å². The van der Waals surface area contributed by atoms with Gasteiger partial charge in [-0.1, -0.05) is 17.7 Å². The van der Waals surface area contributed by atoms with Crippen molar-refractivity contribution in [3.05, 3.63) is 87.2 Å². The fraction of sp³-hybridized carbons (Fsp3) is 0.355. The first-order valence-corrected chi connectivity index (χ1v) is 16.1. The number of rotatable bonds is 13. The van der Waals surface area contributed by atoms with Gasteiger partial charge < -0.3 is 24.8 Å². The van der Waals surface area contributed by atoms with Gasteiger partial charge in [0.2, 0.25) is 11.8 Å². The van der Waals surface area contributed by atoms with Crippen LogP contribution >= 0.6 is 0 Å². The van der Waals surface area contributed by atoms with Crippen LogP contribution in [0.15, 0.2) is 75.4 Å². The van der Waals surface area contributed by atoms with Crippen LogP contribution < -0.4 is 20.6 Å². The summed E-state index contributed by atoms with van der Waals surface area (Å²) in [6, 6.07) is 12.9. The number of fused-ring (bicyclic) bond motifs is 2. The summed E-state index contributed by atoms with van der Waals surface area (Å²) in [4.78, 5) is 40.5. The average molecular weight is 685 g/mol. The molecular weight excluding hydrogens is 648 g/mol. The molecule has 5 aromatic rings. The summed E-state index contributed by atoms with van der Waals surface area (Å²) in [6.07, 6.45) is 0.760. The van der Waals surface area contributed by atoms with E-state index in [1.165, 1.54) is 47.9 Å². The highest BCUT2D eigenvalue weighted by molar-refractivity contribution is 7.86. The molecule has 4 aromatic heterocycles. The van der Waals surface area contributed by atoms with Gasteiger partial charge in [-0.3, -0.25) is 22.9 Å². The van der Waals surface area contributed by atoms with Crippen molar-refractivity contribution in [1.29, 1.82) is 0 Å².